The molecule has 0 rings (SSSR count). The monoisotopic (exact) mass is 102 g/mol. The smallest absolute Gasteiger partial charge is 1.00 e. The van der Waals surface area contributed by atoms with E-state index in [1.165, 1.54) is 0 Å². The molecule has 0 amide bonds. The molecular weight excluding hydrogens is 91.0 g/mol. The van der Waals surface area contributed by atoms with Crippen LogP contribution in [0.4, 0.5) is 0 Å². The van der Waals surface area contributed by atoms with Gasteiger partial charge in [-0.3, -0.25) is 0 Å². The average molecular weight is 102 g/mol. The van der Waals surface area contributed by atoms with Crippen LogP contribution < -0.4 is 29.6 Å². The van der Waals surface area contributed by atoms with Crippen LogP contribution in [0.1, 0.15) is 8.35 Å². The summed E-state index contributed by atoms with van der Waals surface area (Å²) in [6.45, 7) is 1.93. The van der Waals surface area contributed by atoms with E-state index in [1.54, 1.807) is 6.92 Å². The summed E-state index contributed by atoms with van der Waals surface area (Å²) < 4.78 is 0. The Bertz CT molecular complexity index is 12.9. The van der Waals surface area contributed by atoms with Gasteiger partial charge in [0.05, 0.1) is 0 Å². The standard InChI is InChI=1S/C2H6O.CH4O.Na.H/c1-2-3;1-2;;/h3H,2H2,1H3;2H,1H3;;/q;;+1;-1. The molecule has 0 aliphatic carbocycles. The van der Waals surface area contributed by atoms with Crippen molar-refractivity contribution in [3.05, 3.63) is 0 Å². The van der Waals surface area contributed by atoms with E-state index in [9.17, 15) is 0 Å². The van der Waals surface area contributed by atoms with Gasteiger partial charge in [0, 0.05) is 13.7 Å². The molecule has 2 N–H and O–H groups in total. The first-order chi connectivity index (χ1) is 2.41. The molecular formula is C3H11NaO2. The van der Waals surface area contributed by atoms with E-state index in [2.05, 4.69) is 0 Å². The number of aliphatic hydroxyl groups is 2. The Labute approximate surface area is 62.0 Å². The van der Waals surface area contributed by atoms with Crippen LogP contribution in [-0.4, -0.2) is 23.9 Å². The van der Waals surface area contributed by atoms with Gasteiger partial charge in [0.1, 0.15) is 0 Å². The zero-order valence-corrected chi connectivity index (χ0v) is 6.60. The van der Waals surface area contributed by atoms with Crippen molar-refractivity contribution in [3.8, 4) is 0 Å². The molecule has 0 spiro atoms. The topological polar surface area (TPSA) is 40.5 Å². The first kappa shape index (κ1) is 15.8. The number of rotatable bonds is 0. The molecule has 0 aromatic heterocycles. The van der Waals surface area contributed by atoms with Crippen LogP contribution >= 0.6 is 0 Å². The minimum Gasteiger partial charge on any atom is -1.00 e. The van der Waals surface area contributed by atoms with Crippen LogP contribution in [0.2, 0.25) is 0 Å². The molecule has 0 aromatic carbocycles. The summed E-state index contributed by atoms with van der Waals surface area (Å²) in [5.41, 5.74) is 0. The van der Waals surface area contributed by atoms with E-state index >= 15 is 0 Å². The van der Waals surface area contributed by atoms with Crippen molar-refractivity contribution in [1.82, 2.24) is 0 Å². The van der Waals surface area contributed by atoms with E-state index in [0.29, 0.717) is 0 Å². The van der Waals surface area contributed by atoms with Gasteiger partial charge < -0.3 is 11.6 Å². The first-order valence-corrected chi connectivity index (χ1v) is 1.47. The summed E-state index contributed by atoms with van der Waals surface area (Å²) in [4.78, 5) is 0. The average Bonchev–Trinajstić information content (AvgIpc) is 1.46. The Balaban J connectivity index is -0.0000000105. The third kappa shape index (κ3) is 89.3. The maximum atomic E-state index is 7.57. The van der Waals surface area contributed by atoms with Crippen molar-refractivity contribution in [2.45, 2.75) is 6.92 Å². The third-order valence-corrected chi connectivity index (χ3v) is 0. The molecule has 0 saturated carbocycles. The molecule has 0 aliphatic rings. The Morgan fingerprint density at radius 1 is 1.50 bits per heavy atom. The van der Waals surface area contributed by atoms with Gasteiger partial charge in [-0.05, 0) is 6.92 Å². The molecule has 6 heavy (non-hydrogen) atoms. The summed E-state index contributed by atoms with van der Waals surface area (Å²) in [6, 6.07) is 0. The quantitative estimate of drug-likeness (QED) is 0.315. The van der Waals surface area contributed by atoms with Gasteiger partial charge in [0.25, 0.3) is 0 Å². The van der Waals surface area contributed by atoms with Gasteiger partial charge in [0.15, 0.2) is 0 Å². The molecule has 0 aliphatic heterocycles. The fourth-order valence-electron chi connectivity index (χ4n) is 0. The molecule has 0 aromatic rings. The number of hydrogen-bond acceptors (Lipinski definition) is 2. The molecule has 0 heterocycles. The van der Waals surface area contributed by atoms with E-state index in [4.69, 9.17) is 10.2 Å². The molecule has 0 unspecified atom stereocenters. The molecule has 0 saturated heterocycles. The van der Waals surface area contributed by atoms with E-state index < -0.39 is 0 Å². The normalized spacial score (nSPS) is 4.00. The Morgan fingerprint density at radius 3 is 1.50 bits per heavy atom. The Morgan fingerprint density at radius 2 is 1.50 bits per heavy atom. The zero-order valence-electron chi connectivity index (χ0n) is 5.60. The predicted molar refractivity (Wildman–Crippen MR) is 22.0 cm³/mol. The predicted octanol–water partition coefficient (Wildman–Crippen LogP) is -3.28. The molecule has 2 nitrogen and oxygen atoms in total. The van der Waals surface area contributed by atoms with Crippen molar-refractivity contribution >= 4 is 0 Å². The maximum absolute atomic E-state index is 7.57. The summed E-state index contributed by atoms with van der Waals surface area (Å²) in [6.07, 6.45) is 0. The minimum atomic E-state index is 0. The fraction of sp³-hybridized carbons (Fsp3) is 1.00. The van der Waals surface area contributed by atoms with Crippen LogP contribution in [-0.2, 0) is 0 Å². The van der Waals surface area contributed by atoms with E-state index in [0.717, 1.165) is 7.11 Å². The minimum absolute atomic E-state index is 0. The molecule has 0 fully saturated rings. The van der Waals surface area contributed by atoms with Crippen LogP contribution in [0.25, 0.3) is 0 Å². The zero-order chi connectivity index (χ0) is 4.71. The number of hydrogen-bond donors (Lipinski definition) is 2. The van der Waals surface area contributed by atoms with Crippen LogP contribution in [0.5, 0.6) is 0 Å². The van der Waals surface area contributed by atoms with E-state index in [1.807, 2.05) is 0 Å². The number of aliphatic hydroxyl groups excluding tert-OH is 2. The van der Waals surface area contributed by atoms with Gasteiger partial charge >= 0.3 is 29.6 Å². The molecule has 36 valence electrons. The third-order valence-electron chi connectivity index (χ3n) is 0. The van der Waals surface area contributed by atoms with E-state index in [-0.39, 0.29) is 37.6 Å². The first-order valence-electron chi connectivity index (χ1n) is 1.47. The molecule has 3 heteroatoms. The van der Waals surface area contributed by atoms with Crippen molar-refractivity contribution in [2.24, 2.45) is 0 Å². The van der Waals surface area contributed by atoms with Crippen LogP contribution in [0.15, 0.2) is 0 Å². The second kappa shape index (κ2) is 38.9. The molecule has 0 radical (unpaired) electrons. The molecule has 0 atom stereocenters. The SMILES string of the molecule is CCO.CO.[H-].[Na+]. The van der Waals surface area contributed by atoms with Crippen molar-refractivity contribution in [3.63, 3.8) is 0 Å². The Kier molecular flexibility index (Phi) is 102. The van der Waals surface area contributed by atoms with Gasteiger partial charge in [-0.25, -0.2) is 0 Å². The van der Waals surface area contributed by atoms with Gasteiger partial charge in [-0.15, -0.1) is 0 Å². The van der Waals surface area contributed by atoms with Crippen LogP contribution in [0.3, 0.4) is 0 Å². The van der Waals surface area contributed by atoms with Crippen LogP contribution in [0, 0.1) is 0 Å². The maximum Gasteiger partial charge on any atom is 1.00 e. The van der Waals surface area contributed by atoms with Crippen molar-refractivity contribution in [1.29, 1.82) is 0 Å². The summed E-state index contributed by atoms with van der Waals surface area (Å²) in [5, 5.41) is 14.6. The second-order valence-electron chi connectivity index (χ2n) is 0.316. The van der Waals surface area contributed by atoms with Gasteiger partial charge in [-0.1, -0.05) is 0 Å². The Hall–Kier alpha value is 0.920. The van der Waals surface area contributed by atoms with Gasteiger partial charge in [-0.2, -0.15) is 0 Å². The van der Waals surface area contributed by atoms with Gasteiger partial charge in [0.2, 0.25) is 0 Å². The molecule has 0 bridgehead atoms. The van der Waals surface area contributed by atoms with Crippen molar-refractivity contribution in [2.75, 3.05) is 13.7 Å². The second-order valence-corrected chi connectivity index (χ2v) is 0.316. The summed E-state index contributed by atoms with van der Waals surface area (Å²) in [7, 11) is 1.00. The largest absolute Gasteiger partial charge is 1.00 e. The van der Waals surface area contributed by atoms with Crippen molar-refractivity contribution < 1.29 is 41.2 Å². The fourth-order valence-corrected chi connectivity index (χ4v) is 0. The summed E-state index contributed by atoms with van der Waals surface area (Å²) >= 11 is 0. The summed E-state index contributed by atoms with van der Waals surface area (Å²) in [5.74, 6) is 0.